The van der Waals surface area contributed by atoms with Crippen LogP contribution in [-0.4, -0.2) is 18.5 Å². The minimum atomic E-state index is -0.938. The van der Waals surface area contributed by atoms with E-state index in [9.17, 15) is 13.6 Å². The molecule has 1 saturated carbocycles. The van der Waals surface area contributed by atoms with E-state index in [1.807, 2.05) is 0 Å². The van der Waals surface area contributed by atoms with Crippen LogP contribution in [0.4, 0.5) is 8.78 Å². The summed E-state index contributed by atoms with van der Waals surface area (Å²) < 4.78 is 31.6. The standard InChI is InChI=1S/C13H14F2O2/c1-17-13(6-3-7-13)11(16)8-9-4-2-5-10(14)12(9)15/h2,4-5H,3,6-8H2,1H3. The third kappa shape index (κ3) is 2.09. The number of hydrogen-bond donors (Lipinski definition) is 0. The Kier molecular flexibility index (Phi) is 3.24. The van der Waals surface area contributed by atoms with E-state index in [0.717, 1.165) is 12.5 Å². The van der Waals surface area contributed by atoms with Crippen molar-refractivity contribution in [1.82, 2.24) is 0 Å². The fourth-order valence-corrected chi connectivity index (χ4v) is 2.11. The lowest BCUT2D eigenvalue weighted by molar-refractivity contribution is -0.151. The zero-order chi connectivity index (χ0) is 12.5. The lowest BCUT2D eigenvalue weighted by atomic mass is 9.75. The average molecular weight is 240 g/mol. The number of methoxy groups -OCH3 is 1. The summed E-state index contributed by atoms with van der Waals surface area (Å²) >= 11 is 0. The third-order valence-corrected chi connectivity index (χ3v) is 3.44. The first-order chi connectivity index (χ1) is 8.09. The first-order valence-corrected chi connectivity index (χ1v) is 5.60. The van der Waals surface area contributed by atoms with Crippen molar-refractivity contribution in [1.29, 1.82) is 0 Å². The molecule has 4 heteroatoms. The Morgan fingerprint density at radius 3 is 2.65 bits per heavy atom. The second kappa shape index (κ2) is 4.53. The SMILES string of the molecule is COC1(C(=O)Cc2cccc(F)c2F)CCC1. The molecule has 0 bridgehead atoms. The number of halogens is 2. The van der Waals surface area contributed by atoms with Crippen LogP contribution in [0.15, 0.2) is 18.2 Å². The van der Waals surface area contributed by atoms with E-state index in [1.54, 1.807) is 0 Å². The maximum atomic E-state index is 13.4. The molecule has 2 rings (SSSR count). The van der Waals surface area contributed by atoms with Crippen LogP contribution in [-0.2, 0) is 16.0 Å². The van der Waals surface area contributed by atoms with E-state index in [-0.39, 0.29) is 17.8 Å². The number of hydrogen-bond acceptors (Lipinski definition) is 2. The molecule has 0 aromatic heterocycles. The van der Waals surface area contributed by atoms with Crippen molar-refractivity contribution in [3.63, 3.8) is 0 Å². The molecular formula is C13H14F2O2. The van der Waals surface area contributed by atoms with Crippen molar-refractivity contribution in [2.75, 3.05) is 7.11 Å². The molecular weight excluding hydrogens is 226 g/mol. The smallest absolute Gasteiger partial charge is 0.169 e. The summed E-state index contributed by atoms with van der Waals surface area (Å²) in [5.74, 6) is -2.03. The Labute approximate surface area is 98.6 Å². The quantitative estimate of drug-likeness (QED) is 0.808. The van der Waals surface area contributed by atoms with Crippen LogP contribution in [0.25, 0.3) is 0 Å². The number of Topliss-reactive ketones (excluding diaryl/α,β-unsaturated/α-hetero) is 1. The van der Waals surface area contributed by atoms with Gasteiger partial charge in [0.05, 0.1) is 0 Å². The summed E-state index contributed by atoms with van der Waals surface area (Å²) in [6.45, 7) is 0. The number of benzene rings is 1. The van der Waals surface area contributed by atoms with Gasteiger partial charge in [0.25, 0.3) is 0 Å². The van der Waals surface area contributed by atoms with Gasteiger partial charge in [-0.15, -0.1) is 0 Å². The van der Waals surface area contributed by atoms with Crippen molar-refractivity contribution >= 4 is 5.78 Å². The second-order valence-corrected chi connectivity index (χ2v) is 4.36. The molecule has 0 unspecified atom stereocenters. The van der Waals surface area contributed by atoms with Gasteiger partial charge in [0.1, 0.15) is 5.60 Å². The molecule has 0 aliphatic heterocycles. The highest BCUT2D eigenvalue weighted by Gasteiger charge is 2.43. The van der Waals surface area contributed by atoms with Crippen LogP contribution in [0.3, 0.4) is 0 Å². The molecule has 0 radical (unpaired) electrons. The maximum absolute atomic E-state index is 13.4. The van der Waals surface area contributed by atoms with Gasteiger partial charge in [-0.3, -0.25) is 4.79 Å². The molecule has 1 aliphatic rings. The lowest BCUT2D eigenvalue weighted by Crippen LogP contribution is -2.47. The number of rotatable bonds is 4. The monoisotopic (exact) mass is 240 g/mol. The maximum Gasteiger partial charge on any atom is 0.169 e. The summed E-state index contributed by atoms with van der Waals surface area (Å²) in [7, 11) is 1.49. The molecule has 2 nitrogen and oxygen atoms in total. The summed E-state index contributed by atoms with van der Waals surface area (Å²) in [5.41, 5.74) is -0.669. The predicted octanol–water partition coefficient (Wildman–Crippen LogP) is 2.65. The number of ketones is 1. The van der Waals surface area contributed by atoms with Crippen LogP contribution in [0.5, 0.6) is 0 Å². The molecule has 0 heterocycles. The molecule has 0 saturated heterocycles. The lowest BCUT2D eigenvalue weighted by Gasteiger charge is -2.38. The molecule has 1 aliphatic carbocycles. The van der Waals surface area contributed by atoms with Crippen LogP contribution in [0.2, 0.25) is 0 Å². The molecule has 0 spiro atoms. The molecule has 0 N–H and O–H groups in total. The molecule has 0 atom stereocenters. The zero-order valence-electron chi connectivity index (χ0n) is 9.63. The Morgan fingerprint density at radius 1 is 1.41 bits per heavy atom. The van der Waals surface area contributed by atoms with Crippen LogP contribution in [0, 0.1) is 11.6 Å². The number of ether oxygens (including phenoxy) is 1. The summed E-state index contributed by atoms with van der Waals surface area (Å²) in [5, 5.41) is 0. The second-order valence-electron chi connectivity index (χ2n) is 4.36. The fraction of sp³-hybridized carbons (Fsp3) is 0.462. The van der Waals surface area contributed by atoms with Gasteiger partial charge < -0.3 is 4.74 Å². The van der Waals surface area contributed by atoms with E-state index in [2.05, 4.69) is 0 Å². The zero-order valence-corrected chi connectivity index (χ0v) is 9.63. The van der Waals surface area contributed by atoms with E-state index >= 15 is 0 Å². The fourth-order valence-electron chi connectivity index (χ4n) is 2.11. The summed E-state index contributed by atoms with van der Waals surface area (Å²) in [6, 6.07) is 3.87. The molecule has 17 heavy (non-hydrogen) atoms. The molecule has 0 amide bonds. The predicted molar refractivity (Wildman–Crippen MR) is 58.7 cm³/mol. The number of carbonyl (C=O) groups is 1. The van der Waals surface area contributed by atoms with Crippen LogP contribution in [0.1, 0.15) is 24.8 Å². The van der Waals surface area contributed by atoms with Gasteiger partial charge in [0.2, 0.25) is 0 Å². The van der Waals surface area contributed by atoms with Gasteiger partial charge in [-0.2, -0.15) is 0 Å². The van der Waals surface area contributed by atoms with Crippen molar-refractivity contribution in [3.8, 4) is 0 Å². The minimum absolute atomic E-state index is 0.0957. The van der Waals surface area contributed by atoms with Crippen molar-refractivity contribution in [3.05, 3.63) is 35.4 Å². The third-order valence-electron chi connectivity index (χ3n) is 3.44. The van der Waals surface area contributed by atoms with Gasteiger partial charge in [0.15, 0.2) is 17.4 Å². The Balaban J connectivity index is 2.16. The Bertz CT molecular complexity index is 434. The van der Waals surface area contributed by atoms with Crippen molar-refractivity contribution in [2.45, 2.75) is 31.3 Å². The van der Waals surface area contributed by atoms with Gasteiger partial charge in [0, 0.05) is 13.5 Å². The average Bonchev–Trinajstić information content (AvgIpc) is 2.24. The number of carbonyl (C=O) groups excluding carboxylic acids is 1. The highest BCUT2D eigenvalue weighted by Crippen LogP contribution is 2.36. The molecule has 1 aromatic carbocycles. The van der Waals surface area contributed by atoms with Gasteiger partial charge in [-0.1, -0.05) is 12.1 Å². The normalized spacial score (nSPS) is 17.6. The van der Waals surface area contributed by atoms with Crippen LogP contribution < -0.4 is 0 Å². The van der Waals surface area contributed by atoms with Gasteiger partial charge in [-0.05, 0) is 30.9 Å². The van der Waals surface area contributed by atoms with E-state index in [4.69, 9.17) is 4.74 Å². The summed E-state index contributed by atoms with van der Waals surface area (Å²) in [4.78, 5) is 12.0. The highest BCUT2D eigenvalue weighted by molar-refractivity contribution is 5.90. The molecule has 1 aromatic rings. The minimum Gasteiger partial charge on any atom is -0.370 e. The van der Waals surface area contributed by atoms with E-state index < -0.39 is 17.2 Å². The van der Waals surface area contributed by atoms with Gasteiger partial charge in [-0.25, -0.2) is 8.78 Å². The highest BCUT2D eigenvalue weighted by atomic mass is 19.2. The van der Waals surface area contributed by atoms with Crippen LogP contribution >= 0.6 is 0 Å². The van der Waals surface area contributed by atoms with Gasteiger partial charge >= 0.3 is 0 Å². The summed E-state index contributed by atoms with van der Waals surface area (Å²) in [6.07, 6.45) is 2.15. The molecule has 92 valence electrons. The molecule has 1 fully saturated rings. The van der Waals surface area contributed by atoms with E-state index in [0.29, 0.717) is 12.8 Å². The van der Waals surface area contributed by atoms with Crippen molar-refractivity contribution in [2.24, 2.45) is 0 Å². The first-order valence-electron chi connectivity index (χ1n) is 5.60. The topological polar surface area (TPSA) is 26.3 Å². The first kappa shape index (κ1) is 12.2. The Morgan fingerprint density at radius 2 is 2.12 bits per heavy atom. The Hall–Kier alpha value is -1.29. The van der Waals surface area contributed by atoms with E-state index in [1.165, 1.54) is 19.2 Å². The largest absolute Gasteiger partial charge is 0.370 e. The van der Waals surface area contributed by atoms with Crippen molar-refractivity contribution < 1.29 is 18.3 Å².